The van der Waals surface area contributed by atoms with E-state index in [9.17, 15) is 13.2 Å². The first-order chi connectivity index (χ1) is 14.3. The van der Waals surface area contributed by atoms with Crippen molar-refractivity contribution in [1.29, 1.82) is 0 Å². The zero-order valence-corrected chi connectivity index (χ0v) is 18.8. The molecule has 5 nitrogen and oxygen atoms in total. The molecule has 1 aromatic carbocycles. The summed E-state index contributed by atoms with van der Waals surface area (Å²) in [5.74, 6) is 3.02. The van der Waals surface area contributed by atoms with E-state index in [4.69, 9.17) is 0 Å². The maximum Gasteiger partial charge on any atom is 0.244 e. The molecule has 4 saturated carbocycles. The van der Waals surface area contributed by atoms with Crippen LogP contribution in [-0.4, -0.2) is 62.3 Å². The van der Waals surface area contributed by atoms with E-state index in [0.29, 0.717) is 18.5 Å². The third-order valence-corrected chi connectivity index (χ3v) is 9.82. The van der Waals surface area contributed by atoms with Crippen LogP contribution in [0.5, 0.6) is 0 Å². The number of sulfone groups is 1. The molecule has 6 heteroatoms. The molecule has 1 unspecified atom stereocenters. The zero-order chi connectivity index (χ0) is 20.9. The smallest absolute Gasteiger partial charge is 0.244 e. The molecule has 1 atom stereocenters. The number of likely N-dealkylation sites (N-methyl/N-ethyl adjacent to an activating group) is 1. The van der Waals surface area contributed by atoms with Gasteiger partial charge in [-0.15, -0.1) is 0 Å². The average Bonchev–Trinajstić information content (AvgIpc) is 2.69. The van der Waals surface area contributed by atoms with Crippen LogP contribution in [0.2, 0.25) is 0 Å². The van der Waals surface area contributed by atoms with Crippen LogP contribution < -0.4 is 0 Å². The number of hydrogen-bond acceptors (Lipinski definition) is 4. The van der Waals surface area contributed by atoms with Crippen molar-refractivity contribution in [1.82, 2.24) is 9.80 Å². The quantitative estimate of drug-likeness (QED) is 0.720. The fraction of sp³-hybridized carbons (Fsp3) is 0.708. The Kier molecular flexibility index (Phi) is 5.21. The van der Waals surface area contributed by atoms with Crippen molar-refractivity contribution in [3.05, 3.63) is 35.9 Å². The highest BCUT2D eigenvalue weighted by atomic mass is 32.2. The Labute approximate surface area is 180 Å². The van der Waals surface area contributed by atoms with Gasteiger partial charge in [0, 0.05) is 26.7 Å². The maximum absolute atomic E-state index is 13.8. The molecular formula is C24H34N2O3S. The molecule has 0 radical (unpaired) electrons. The normalized spacial score (nSPS) is 35.8. The topological polar surface area (TPSA) is 57.7 Å². The van der Waals surface area contributed by atoms with Gasteiger partial charge in [0.15, 0.2) is 9.84 Å². The molecule has 30 heavy (non-hydrogen) atoms. The Balaban J connectivity index is 1.35. The summed E-state index contributed by atoms with van der Waals surface area (Å²) < 4.78 is 23.9. The standard InChI is InChI=1S/C24H34N2O3S/c1-25(17-24-14-18-11-19(15-24)13-20(12-18)16-24)23(27)22(21-5-3-2-4-6-21)26-7-9-30(28,29)10-8-26/h2-6,18-20,22H,7-17H2,1H3. The Bertz CT molecular complexity index is 849. The van der Waals surface area contributed by atoms with E-state index in [1.165, 1.54) is 38.5 Å². The van der Waals surface area contributed by atoms with Gasteiger partial charge in [0.1, 0.15) is 6.04 Å². The minimum absolute atomic E-state index is 0.122. The second kappa shape index (κ2) is 7.63. The largest absolute Gasteiger partial charge is 0.344 e. The van der Waals surface area contributed by atoms with Crippen LogP contribution in [0, 0.1) is 23.2 Å². The van der Waals surface area contributed by atoms with E-state index < -0.39 is 9.84 Å². The van der Waals surface area contributed by atoms with Crippen LogP contribution in [-0.2, 0) is 14.6 Å². The highest BCUT2D eigenvalue weighted by Gasteiger charge is 2.51. The van der Waals surface area contributed by atoms with E-state index in [2.05, 4.69) is 4.90 Å². The minimum atomic E-state index is -2.98. The van der Waals surface area contributed by atoms with Gasteiger partial charge in [-0.2, -0.15) is 0 Å². The fourth-order valence-electron chi connectivity index (χ4n) is 7.40. The molecule has 0 aromatic heterocycles. The number of rotatable bonds is 5. The third-order valence-electron chi connectivity index (χ3n) is 8.21. The predicted octanol–water partition coefficient (Wildman–Crippen LogP) is 3.13. The van der Waals surface area contributed by atoms with Crippen molar-refractivity contribution < 1.29 is 13.2 Å². The van der Waals surface area contributed by atoms with Gasteiger partial charge in [-0.25, -0.2) is 8.42 Å². The molecule has 0 N–H and O–H groups in total. The summed E-state index contributed by atoms with van der Waals surface area (Å²) in [5.41, 5.74) is 1.28. The highest BCUT2D eigenvalue weighted by Crippen LogP contribution is 2.60. The lowest BCUT2D eigenvalue weighted by molar-refractivity contribution is -0.141. The highest BCUT2D eigenvalue weighted by molar-refractivity contribution is 7.91. The number of carbonyl (C=O) groups is 1. The van der Waals surface area contributed by atoms with Crippen LogP contribution in [0.3, 0.4) is 0 Å². The lowest BCUT2D eigenvalue weighted by Crippen LogP contribution is -2.53. The summed E-state index contributed by atoms with van der Waals surface area (Å²) >= 11 is 0. The first-order valence-corrected chi connectivity index (χ1v) is 13.4. The summed E-state index contributed by atoms with van der Waals surface area (Å²) in [6.07, 6.45) is 8.08. The predicted molar refractivity (Wildman–Crippen MR) is 118 cm³/mol. The zero-order valence-electron chi connectivity index (χ0n) is 18.0. The van der Waals surface area contributed by atoms with Crippen LogP contribution in [0.25, 0.3) is 0 Å². The number of nitrogens with zero attached hydrogens (tertiary/aromatic N) is 2. The molecule has 5 aliphatic rings. The minimum Gasteiger partial charge on any atom is -0.344 e. The van der Waals surface area contributed by atoms with Crippen molar-refractivity contribution in [2.75, 3.05) is 38.2 Å². The van der Waals surface area contributed by atoms with Gasteiger partial charge in [-0.1, -0.05) is 30.3 Å². The molecule has 6 rings (SSSR count). The second-order valence-electron chi connectivity index (χ2n) is 10.6. The van der Waals surface area contributed by atoms with E-state index in [0.717, 1.165) is 29.9 Å². The van der Waals surface area contributed by atoms with Gasteiger partial charge in [-0.05, 0) is 67.3 Å². The Morgan fingerprint density at radius 1 is 1.03 bits per heavy atom. The number of carbonyl (C=O) groups excluding carboxylic acids is 1. The first kappa shape index (κ1) is 20.5. The molecule has 4 bridgehead atoms. The van der Waals surface area contributed by atoms with Crippen LogP contribution in [0.15, 0.2) is 30.3 Å². The van der Waals surface area contributed by atoms with Crippen LogP contribution >= 0.6 is 0 Å². The lowest BCUT2D eigenvalue weighted by atomic mass is 9.49. The van der Waals surface area contributed by atoms with Gasteiger partial charge in [0.2, 0.25) is 5.91 Å². The van der Waals surface area contributed by atoms with Crippen molar-refractivity contribution in [2.45, 2.75) is 44.6 Å². The van der Waals surface area contributed by atoms with Gasteiger partial charge >= 0.3 is 0 Å². The number of benzene rings is 1. The van der Waals surface area contributed by atoms with Crippen LogP contribution in [0.4, 0.5) is 0 Å². The molecule has 1 saturated heterocycles. The summed E-state index contributed by atoms with van der Waals surface area (Å²) in [5, 5.41) is 0. The Morgan fingerprint density at radius 2 is 1.57 bits per heavy atom. The SMILES string of the molecule is CN(CC12CC3CC(CC(C3)C1)C2)C(=O)C(c1ccccc1)N1CCS(=O)(=O)CC1. The molecule has 4 aliphatic carbocycles. The van der Waals surface area contributed by atoms with Gasteiger partial charge < -0.3 is 4.90 Å². The number of amides is 1. The molecular weight excluding hydrogens is 396 g/mol. The van der Waals surface area contributed by atoms with E-state index >= 15 is 0 Å². The van der Waals surface area contributed by atoms with Gasteiger partial charge in [-0.3, -0.25) is 9.69 Å². The fourth-order valence-corrected chi connectivity index (χ4v) is 8.63. The van der Waals surface area contributed by atoms with Gasteiger partial charge in [0.05, 0.1) is 11.5 Å². The summed E-state index contributed by atoms with van der Waals surface area (Å²) in [6.45, 7) is 1.71. The summed E-state index contributed by atoms with van der Waals surface area (Å²) in [7, 11) is -1.01. The van der Waals surface area contributed by atoms with E-state index in [1.54, 1.807) is 0 Å². The Morgan fingerprint density at radius 3 is 2.10 bits per heavy atom. The molecule has 0 spiro atoms. The van der Waals surface area contributed by atoms with Crippen molar-refractivity contribution in [3.63, 3.8) is 0 Å². The van der Waals surface area contributed by atoms with Crippen LogP contribution in [0.1, 0.15) is 50.1 Å². The van der Waals surface area contributed by atoms with Gasteiger partial charge in [0.25, 0.3) is 0 Å². The molecule has 1 aliphatic heterocycles. The third kappa shape index (κ3) is 3.93. The monoisotopic (exact) mass is 430 g/mol. The van der Waals surface area contributed by atoms with E-state index in [-0.39, 0.29) is 23.5 Å². The first-order valence-electron chi connectivity index (χ1n) is 11.6. The van der Waals surface area contributed by atoms with Crippen molar-refractivity contribution in [2.24, 2.45) is 23.2 Å². The average molecular weight is 431 g/mol. The molecule has 164 valence electrons. The molecule has 1 aromatic rings. The summed E-state index contributed by atoms with van der Waals surface area (Å²) in [4.78, 5) is 17.8. The summed E-state index contributed by atoms with van der Waals surface area (Å²) in [6, 6.07) is 9.52. The van der Waals surface area contributed by atoms with Crippen molar-refractivity contribution >= 4 is 15.7 Å². The number of hydrogen-bond donors (Lipinski definition) is 0. The molecule has 5 fully saturated rings. The van der Waals surface area contributed by atoms with E-state index in [1.807, 2.05) is 42.3 Å². The lowest BCUT2D eigenvalue weighted by Gasteiger charge is -2.57. The molecule has 1 heterocycles. The second-order valence-corrected chi connectivity index (χ2v) is 12.9. The molecule has 1 amide bonds. The van der Waals surface area contributed by atoms with Crippen molar-refractivity contribution in [3.8, 4) is 0 Å². The Hall–Kier alpha value is -1.40. The maximum atomic E-state index is 13.8.